The van der Waals surface area contributed by atoms with Gasteiger partial charge >= 0.3 is 6.09 Å². The van der Waals surface area contributed by atoms with Crippen LogP contribution in [0.2, 0.25) is 0 Å². The van der Waals surface area contributed by atoms with E-state index in [9.17, 15) is 4.79 Å². The Balaban J connectivity index is 1.49. The van der Waals surface area contributed by atoms with Gasteiger partial charge in [0.1, 0.15) is 11.3 Å². The van der Waals surface area contributed by atoms with Crippen LogP contribution in [0.25, 0.3) is 11.2 Å². The standard InChI is InChI=1S/C25H33N7O2/c1-12-9-10-15-11-32-19-21(27-13(2)14-5-3-6-14)29-23(20(26)28-25(33)34)30-22(19)31-24(32)17-8-4-7-16(12)18(15)17/h12-15,17H,3-11H2,1-2H3,(H2,26,28)(H,33,34)(H,27,29,30)/t12-,13-,15+,17?/m1/s1. The fourth-order valence-electron chi connectivity index (χ4n) is 6.71. The molecule has 0 spiro atoms. The molecule has 1 unspecified atom stereocenters. The smallest absolute Gasteiger partial charge is 0.410 e. The molecule has 2 aromatic heterocycles. The van der Waals surface area contributed by atoms with Crippen LogP contribution in [0.15, 0.2) is 11.1 Å². The number of aromatic nitrogens is 4. The number of fused-ring (bicyclic) bond motifs is 4. The van der Waals surface area contributed by atoms with Crippen molar-refractivity contribution in [2.24, 2.45) is 17.8 Å². The van der Waals surface area contributed by atoms with E-state index in [4.69, 9.17) is 15.5 Å². The van der Waals surface area contributed by atoms with Crippen LogP contribution in [0, 0.1) is 23.2 Å². The van der Waals surface area contributed by atoms with Crippen LogP contribution in [0.3, 0.4) is 0 Å². The number of carbonyl (C=O) groups is 1. The van der Waals surface area contributed by atoms with Gasteiger partial charge in [0.25, 0.3) is 0 Å². The van der Waals surface area contributed by atoms with Crippen LogP contribution in [-0.4, -0.2) is 42.6 Å². The van der Waals surface area contributed by atoms with Gasteiger partial charge in [0.05, 0.1) is 0 Å². The van der Waals surface area contributed by atoms with Gasteiger partial charge < -0.3 is 15.0 Å². The molecule has 1 saturated carbocycles. The summed E-state index contributed by atoms with van der Waals surface area (Å²) >= 11 is 0. The molecule has 3 aliphatic carbocycles. The fourth-order valence-corrected chi connectivity index (χ4v) is 6.71. The van der Waals surface area contributed by atoms with E-state index in [1.54, 1.807) is 11.1 Å². The van der Waals surface area contributed by atoms with Gasteiger partial charge in [0.2, 0.25) is 0 Å². The zero-order chi connectivity index (χ0) is 23.6. The molecule has 1 aliphatic heterocycles. The number of allylic oxidation sites excluding steroid dienone is 2. The van der Waals surface area contributed by atoms with Gasteiger partial charge in [-0.15, -0.1) is 0 Å². The second kappa shape index (κ2) is 8.06. The number of amidine groups is 1. The molecule has 0 bridgehead atoms. The molecule has 3 heterocycles. The Kier molecular flexibility index (Phi) is 5.11. The molecule has 1 amide bonds. The van der Waals surface area contributed by atoms with E-state index in [1.807, 2.05) is 0 Å². The Labute approximate surface area is 199 Å². The van der Waals surface area contributed by atoms with Gasteiger partial charge in [-0.05, 0) is 69.6 Å². The Morgan fingerprint density at radius 1 is 1.15 bits per heavy atom. The molecule has 0 radical (unpaired) electrons. The van der Waals surface area contributed by atoms with Gasteiger partial charge in [-0.3, -0.25) is 10.7 Å². The van der Waals surface area contributed by atoms with Crippen LogP contribution < -0.4 is 10.6 Å². The van der Waals surface area contributed by atoms with Gasteiger partial charge in [-0.25, -0.2) is 19.7 Å². The third-order valence-corrected chi connectivity index (χ3v) is 8.69. The fraction of sp³-hybridized carbons (Fsp3) is 0.640. The van der Waals surface area contributed by atoms with E-state index in [0.717, 1.165) is 24.3 Å². The van der Waals surface area contributed by atoms with E-state index >= 15 is 0 Å². The molecule has 34 heavy (non-hydrogen) atoms. The number of nitrogens with zero attached hydrogens (tertiary/aromatic N) is 4. The first-order chi connectivity index (χ1) is 16.4. The molecule has 9 heteroatoms. The van der Waals surface area contributed by atoms with Crippen molar-refractivity contribution in [3.05, 3.63) is 22.8 Å². The Bertz CT molecular complexity index is 1210. The summed E-state index contributed by atoms with van der Waals surface area (Å²) in [7, 11) is 0. The number of rotatable bonds is 4. The highest BCUT2D eigenvalue weighted by molar-refractivity contribution is 6.03. The van der Waals surface area contributed by atoms with Crippen molar-refractivity contribution >= 4 is 28.9 Å². The number of anilines is 1. The summed E-state index contributed by atoms with van der Waals surface area (Å²) in [6, 6.07) is 0.239. The maximum atomic E-state index is 11.1. The summed E-state index contributed by atoms with van der Waals surface area (Å²) < 4.78 is 2.33. The van der Waals surface area contributed by atoms with Crippen molar-refractivity contribution in [2.45, 2.75) is 83.7 Å². The Morgan fingerprint density at radius 3 is 2.71 bits per heavy atom. The molecular weight excluding hydrogens is 430 g/mol. The number of hydrogen-bond donors (Lipinski definition) is 4. The lowest BCUT2D eigenvalue weighted by Crippen LogP contribution is -2.35. The largest absolute Gasteiger partial charge is 0.465 e. The summed E-state index contributed by atoms with van der Waals surface area (Å²) in [6.07, 6.45) is 8.36. The highest BCUT2D eigenvalue weighted by Gasteiger charge is 2.41. The number of nitrogens with one attached hydrogen (secondary N) is 3. The number of imidazole rings is 1. The molecule has 4 aliphatic rings. The zero-order valence-electron chi connectivity index (χ0n) is 19.9. The minimum Gasteiger partial charge on any atom is -0.465 e. The maximum absolute atomic E-state index is 11.1. The Morgan fingerprint density at radius 2 is 1.97 bits per heavy atom. The monoisotopic (exact) mass is 463 g/mol. The normalized spacial score (nSPS) is 26.9. The third kappa shape index (κ3) is 3.39. The maximum Gasteiger partial charge on any atom is 0.410 e. The van der Waals surface area contributed by atoms with E-state index in [0.29, 0.717) is 35.1 Å². The predicted octanol–water partition coefficient (Wildman–Crippen LogP) is 4.64. The minimum absolute atomic E-state index is 0.0586. The molecular formula is C25H33N7O2. The summed E-state index contributed by atoms with van der Waals surface area (Å²) in [5.74, 6) is 3.61. The summed E-state index contributed by atoms with van der Waals surface area (Å²) in [5, 5.41) is 23.0. The molecule has 6 rings (SSSR count). The predicted molar refractivity (Wildman–Crippen MR) is 129 cm³/mol. The van der Waals surface area contributed by atoms with Crippen molar-refractivity contribution in [1.82, 2.24) is 24.8 Å². The third-order valence-electron chi connectivity index (χ3n) is 8.69. The lowest BCUT2D eigenvalue weighted by molar-refractivity contribution is 0.200. The average molecular weight is 464 g/mol. The van der Waals surface area contributed by atoms with Crippen LogP contribution in [0.4, 0.5) is 10.6 Å². The van der Waals surface area contributed by atoms with Gasteiger partial charge in [0, 0.05) is 18.5 Å². The molecule has 2 aromatic rings. The average Bonchev–Trinajstić information content (AvgIpc) is 3.13. The first-order valence-corrected chi connectivity index (χ1v) is 12.8. The van der Waals surface area contributed by atoms with Gasteiger partial charge in [-0.2, -0.15) is 0 Å². The van der Waals surface area contributed by atoms with E-state index in [2.05, 4.69) is 39.0 Å². The van der Waals surface area contributed by atoms with Crippen molar-refractivity contribution in [1.29, 1.82) is 5.41 Å². The molecule has 1 fully saturated rings. The molecule has 9 nitrogen and oxygen atoms in total. The summed E-state index contributed by atoms with van der Waals surface area (Å²) in [4.78, 5) is 25.4. The van der Waals surface area contributed by atoms with Crippen molar-refractivity contribution in [3.8, 4) is 0 Å². The first kappa shape index (κ1) is 21.6. The van der Waals surface area contributed by atoms with Crippen molar-refractivity contribution < 1.29 is 9.90 Å². The van der Waals surface area contributed by atoms with E-state index in [1.165, 1.54) is 44.9 Å². The van der Waals surface area contributed by atoms with Crippen LogP contribution in [0.5, 0.6) is 0 Å². The first-order valence-electron chi connectivity index (χ1n) is 12.8. The van der Waals surface area contributed by atoms with Crippen LogP contribution in [-0.2, 0) is 6.54 Å². The highest BCUT2D eigenvalue weighted by Crippen LogP contribution is 2.52. The number of hydrogen-bond acceptors (Lipinski definition) is 6. The quantitative estimate of drug-likeness (QED) is 0.297. The topological polar surface area (TPSA) is 129 Å². The Hall–Kier alpha value is -2.97. The van der Waals surface area contributed by atoms with Crippen molar-refractivity contribution in [2.75, 3.05) is 5.32 Å². The highest BCUT2D eigenvalue weighted by atomic mass is 16.4. The summed E-state index contributed by atoms with van der Waals surface area (Å²) in [5.41, 5.74) is 4.76. The minimum atomic E-state index is -1.30. The number of amides is 1. The van der Waals surface area contributed by atoms with Crippen LogP contribution >= 0.6 is 0 Å². The molecule has 0 aromatic carbocycles. The van der Waals surface area contributed by atoms with Crippen molar-refractivity contribution in [3.63, 3.8) is 0 Å². The van der Waals surface area contributed by atoms with Crippen LogP contribution in [0.1, 0.15) is 82.8 Å². The zero-order valence-corrected chi connectivity index (χ0v) is 19.9. The molecule has 180 valence electrons. The lowest BCUT2D eigenvalue weighted by atomic mass is 9.66. The molecule has 4 atom stereocenters. The second-order valence-corrected chi connectivity index (χ2v) is 10.7. The molecule has 4 N–H and O–H groups in total. The van der Waals surface area contributed by atoms with E-state index in [-0.39, 0.29) is 17.7 Å². The SMILES string of the molecule is C[C@@H]1CC[C@H]2Cn3c(nc4nc(C(=N)NC(=O)O)nc(N[C@H](C)C5CCC5)c43)C3CCCC1=C32. The second-order valence-electron chi connectivity index (χ2n) is 10.7. The van der Waals surface area contributed by atoms with Gasteiger partial charge in [0.15, 0.2) is 23.1 Å². The summed E-state index contributed by atoms with van der Waals surface area (Å²) in [6.45, 7) is 5.46. The van der Waals surface area contributed by atoms with E-state index < -0.39 is 6.09 Å². The molecule has 0 saturated heterocycles. The van der Waals surface area contributed by atoms with Gasteiger partial charge in [-0.1, -0.05) is 24.5 Å². The number of carboxylic acid groups (broad SMARTS) is 1. The lowest BCUT2D eigenvalue weighted by Gasteiger charge is -2.43.